The minimum absolute atomic E-state index is 0.0445. The highest BCUT2D eigenvalue weighted by Gasteiger charge is 2.47. The highest BCUT2D eigenvalue weighted by atomic mass is 32.3. The Morgan fingerprint density at radius 1 is 0.929 bits per heavy atom. The fourth-order valence-corrected chi connectivity index (χ4v) is 6.32. The second kappa shape index (κ2) is 11.4. The molecule has 0 atom stereocenters. The van der Waals surface area contributed by atoms with Crippen molar-refractivity contribution in [2.24, 2.45) is 7.05 Å². The molecule has 1 aliphatic heterocycles. The Bertz CT molecular complexity index is 1490. The lowest BCUT2D eigenvalue weighted by Crippen LogP contribution is -2.58. The molecule has 1 aromatic carbocycles. The van der Waals surface area contributed by atoms with Crippen LogP contribution in [0.15, 0.2) is 36.9 Å². The van der Waals surface area contributed by atoms with Crippen LogP contribution < -0.4 is 9.45 Å². The molecule has 2 aromatic rings. The molecule has 1 aromatic heterocycles. The van der Waals surface area contributed by atoms with E-state index in [2.05, 4.69) is 63.0 Å². The zero-order chi connectivity index (χ0) is 31.9. The number of hydrogen-bond acceptors (Lipinski definition) is 7. The van der Waals surface area contributed by atoms with Crippen LogP contribution in [0.1, 0.15) is 58.1 Å². The minimum Gasteiger partial charge on any atom is -0.421 e. The monoisotopic (exact) mass is 648 g/mol. The molecule has 1 aliphatic carbocycles. The van der Waals surface area contributed by atoms with E-state index in [0.717, 1.165) is 29.1 Å². The summed E-state index contributed by atoms with van der Waals surface area (Å²) < 4.78 is 113. The Labute approximate surface area is 239 Å². The Kier molecular flexibility index (Phi) is 9.21. The number of hydroxylamine groups is 2. The molecule has 0 spiro atoms. The van der Waals surface area contributed by atoms with Crippen LogP contribution in [0.2, 0.25) is 0 Å². The van der Waals surface area contributed by atoms with Gasteiger partial charge in [0.05, 0.1) is 7.05 Å². The van der Waals surface area contributed by atoms with Gasteiger partial charge < -0.3 is 9.01 Å². The summed E-state index contributed by atoms with van der Waals surface area (Å²) in [4.78, 5) is 11.7. The fourth-order valence-electron chi connectivity index (χ4n) is 4.61. The van der Waals surface area contributed by atoms with E-state index in [0.29, 0.717) is 0 Å². The maximum absolute atomic E-state index is 11.4. The first kappa shape index (κ1) is 33.8. The van der Waals surface area contributed by atoms with Gasteiger partial charge in [-0.3, -0.25) is 0 Å². The van der Waals surface area contributed by atoms with Crippen molar-refractivity contribution >= 4 is 31.8 Å². The largest absolute Gasteiger partial charge is 0.480 e. The molecule has 18 heteroatoms. The lowest BCUT2D eigenvalue weighted by Gasteiger charge is -2.49. The van der Waals surface area contributed by atoms with Crippen LogP contribution in [-0.4, -0.2) is 48.6 Å². The molecule has 2 aliphatic rings. The highest BCUT2D eigenvalue weighted by molar-refractivity contribution is 8.13. The number of halogens is 6. The second-order valence-electron chi connectivity index (χ2n) is 11.0. The summed E-state index contributed by atoms with van der Waals surface area (Å²) in [5.41, 5.74) is -8.72. The summed E-state index contributed by atoms with van der Waals surface area (Å²) >= 11 is 0. The Morgan fingerprint density at radius 2 is 1.48 bits per heavy atom. The molecule has 1 saturated heterocycles. The van der Waals surface area contributed by atoms with E-state index in [1.54, 1.807) is 0 Å². The maximum Gasteiger partial charge on any atom is 0.480 e. The molecule has 10 nitrogen and oxygen atoms in total. The van der Waals surface area contributed by atoms with Gasteiger partial charge in [0.25, 0.3) is 0 Å². The molecule has 4 rings (SSSR count). The van der Waals surface area contributed by atoms with Crippen molar-refractivity contribution in [1.82, 2.24) is 9.63 Å². The van der Waals surface area contributed by atoms with Crippen molar-refractivity contribution in [2.45, 2.75) is 75.5 Å². The molecular weight excluding hydrogens is 618 g/mol. The van der Waals surface area contributed by atoms with Gasteiger partial charge in [0.2, 0.25) is 6.33 Å². The van der Waals surface area contributed by atoms with Crippen LogP contribution in [-0.2, 0) is 38.5 Å². The van der Waals surface area contributed by atoms with Gasteiger partial charge in [-0.15, -0.1) is 5.06 Å². The van der Waals surface area contributed by atoms with E-state index >= 15 is 0 Å². The predicted molar refractivity (Wildman–Crippen MR) is 139 cm³/mol. The SMILES string of the molecule is C[n+]1ccn(C2=Cc3ccc(OON4C(C)(C)CCCC4(C)C)cc3C2)c1.O=S(=O)([N-]S(=O)(=O)C(F)(F)F)C(F)(F)F. The molecular formula is C24H30F6N4O6S2. The van der Waals surface area contributed by atoms with Crippen LogP contribution in [0, 0.1) is 0 Å². The summed E-state index contributed by atoms with van der Waals surface area (Å²) in [7, 11) is -11.4. The Balaban J connectivity index is 0.000000277. The van der Waals surface area contributed by atoms with E-state index < -0.39 is 31.1 Å². The quantitative estimate of drug-likeness (QED) is 0.183. The smallest absolute Gasteiger partial charge is 0.421 e. The van der Waals surface area contributed by atoms with Crippen molar-refractivity contribution < 1.29 is 57.6 Å². The number of imidazole rings is 1. The van der Waals surface area contributed by atoms with Crippen LogP contribution in [0.5, 0.6) is 5.75 Å². The number of nitrogens with zero attached hydrogens (tertiary/aromatic N) is 4. The van der Waals surface area contributed by atoms with Gasteiger partial charge in [0, 0.05) is 17.5 Å². The van der Waals surface area contributed by atoms with Crippen molar-refractivity contribution in [3.63, 3.8) is 0 Å². The van der Waals surface area contributed by atoms with Crippen molar-refractivity contribution in [1.29, 1.82) is 0 Å². The van der Waals surface area contributed by atoms with Gasteiger partial charge in [0.1, 0.15) is 18.1 Å². The molecule has 42 heavy (non-hydrogen) atoms. The van der Waals surface area contributed by atoms with E-state index in [1.807, 2.05) is 28.9 Å². The second-order valence-corrected chi connectivity index (χ2v) is 14.4. The molecule has 0 bridgehead atoms. The summed E-state index contributed by atoms with van der Waals surface area (Å²) in [5, 5.41) is 2.03. The molecule has 236 valence electrons. The van der Waals surface area contributed by atoms with Crippen LogP contribution in [0.4, 0.5) is 26.3 Å². The number of benzene rings is 1. The lowest BCUT2D eigenvalue weighted by molar-refractivity contribution is -0.670. The van der Waals surface area contributed by atoms with Gasteiger partial charge >= 0.3 is 11.0 Å². The van der Waals surface area contributed by atoms with Crippen LogP contribution in [0.3, 0.4) is 0 Å². The number of sulfonamides is 2. The van der Waals surface area contributed by atoms with Gasteiger partial charge in [-0.1, -0.05) is 11.1 Å². The standard InChI is InChI=1S/C22H30N3O2.C2F6NO4S2/c1-21(2)9-6-10-22(3,4)25(21)27-26-20-8-7-17-13-19(14-18(17)15-20)24-12-11-23(5)16-24;3-1(4,5)14(10,11)9-15(12,13)2(6,7)8/h7-8,11-13,15-16H,6,9-10,14H2,1-5H3;/q+1;-1. The number of piperidine rings is 1. The summed E-state index contributed by atoms with van der Waals surface area (Å²) in [6.45, 7) is 8.86. The molecule has 2 heterocycles. The third-order valence-corrected chi connectivity index (χ3v) is 9.31. The number of rotatable bonds is 6. The number of allylic oxidation sites excluding steroid dienone is 1. The predicted octanol–water partition coefficient (Wildman–Crippen LogP) is 5.19. The van der Waals surface area contributed by atoms with E-state index in [-0.39, 0.29) is 11.1 Å². The summed E-state index contributed by atoms with van der Waals surface area (Å²) in [6.07, 6.45) is 12.8. The minimum atomic E-state index is -6.72. The molecule has 0 N–H and O–H groups in total. The topological polar surface area (TPSA) is 113 Å². The third kappa shape index (κ3) is 7.64. The number of aromatic nitrogens is 2. The number of aryl methyl sites for hydroxylation is 1. The third-order valence-electron chi connectivity index (χ3n) is 6.57. The van der Waals surface area contributed by atoms with E-state index in [1.165, 1.54) is 23.2 Å². The van der Waals surface area contributed by atoms with Crippen LogP contribution >= 0.6 is 0 Å². The first-order valence-corrected chi connectivity index (χ1v) is 15.2. The van der Waals surface area contributed by atoms with Crippen molar-refractivity contribution in [3.8, 4) is 5.75 Å². The summed E-state index contributed by atoms with van der Waals surface area (Å²) in [6, 6.07) is 6.18. The first-order valence-electron chi connectivity index (χ1n) is 12.3. The Morgan fingerprint density at radius 3 is 1.95 bits per heavy atom. The van der Waals surface area contributed by atoms with E-state index in [4.69, 9.17) is 9.88 Å². The Hall–Kier alpha value is -2.67. The maximum atomic E-state index is 11.4. The fraction of sp³-hybridized carbons (Fsp3) is 0.542. The van der Waals surface area contributed by atoms with Gasteiger partial charge in [-0.25, -0.2) is 26.0 Å². The molecule has 0 radical (unpaired) electrons. The van der Waals surface area contributed by atoms with Crippen molar-refractivity contribution in [3.05, 3.63) is 52.2 Å². The zero-order valence-corrected chi connectivity index (χ0v) is 24.8. The van der Waals surface area contributed by atoms with Crippen LogP contribution in [0.25, 0.3) is 15.9 Å². The average Bonchev–Trinajstić information content (AvgIpc) is 3.42. The van der Waals surface area contributed by atoms with Crippen molar-refractivity contribution in [2.75, 3.05) is 0 Å². The van der Waals surface area contributed by atoms with Gasteiger partial charge in [-0.2, -0.15) is 26.3 Å². The van der Waals surface area contributed by atoms with E-state index in [9.17, 15) is 43.2 Å². The zero-order valence-electron chi connectivity index (χ0n) is 23.2. The average molecular weight is 649 g/mol. The van der Waals surface area contributed by atoms with Gasteiger partial charge in [0.15, 0.2) is 25.8 Å². The lowest BCUT2D eigenvalue weighted by atomic mass is 9.82. The molecule has 0 amide bonds. The number of hydrogen-bond donors (Lipinski definition) is 0. The normalized spacial score (nSPS) is 19.0. The molecule has 1 fully saturated rings. The molecule has 0 unspecified atom stereocenters. The van der Waals surface area contributed by atoms with Gasteiger partial charge in [-0.05, 0) is 76.3 Å². The highest BCUT2D eigenvalue weighted by Crippen LogP contribution is 2.39. The first-order chi connectivity index (χ1) is 19.0. The number of alkyl halides is 6. The molecule has 0 saturated carbocycles. The number of fused-ring (bicyclic) bond motifs is 1. The summed E-state index contributed by atoms with van der Waals surface area (Å²) in [5.74, 6) is 0.749.